The molecule has 1 fully saturated rings. The van der Waals surface area contributed by atoms with Crippen LogP contribution in [0.5, 0.6) is 0 Å². The zero-order valence-electron chi connectivity index (χ0n) is 12.8. The van der Waals surface area contributed by atoms with Crippen molar-refractivity contribution in [3.05, 3.63) is 24.5 Å². The van der Waals surface area contributed by atoms with Gasteiger partial charge in [-0.1, -0.05) is 13.3 Å². The van der Waals surface area contributed by atoms with Crippen molar-refractivity contribution >= 4 is 11.9 Å². The number of carbonyl (C=O) groups excluding carboxylic acids is 1. The van der Waals surface area contributed by atoms with Crippen LogP contribution in [0.2, 0.25) is 0 Å². The fourth-order valence-corrected chi connectivity index (χ4v) is 2.87. The lowest BCUT2D eigenvalue weighted by molar-refractivity contribution is -0.153. The van der Waals surface area contributed by atoms with E-state index in [0.717, 1.165) is 12.8 Å². The molecule has 1 aromatic rings. The van der Waals surface area contributed by atoms with Gasteiger partial charge in [-0.25, -0.2) is 0 Å². The van der Waals surface area contributed by atoms with Gasteiger partial charge in [0.15, 0.2) is 0 Å². The van der Waals surface area contributed by atoms with Crippen LogP contribution in [0.4, 0.5) is 0 Å². The molecule has 1 unspecified atom stereocenters. The van der Waals surface area contributed by atoms with E-state index in [-0.39, 0.29) is 11.9 Å². The number of likely N-dealkylation sites (tertiary alicyclic amines) is 1. The van der Waals surface area contributed by atoms with Crippen LogP contribution in [-0.2, 0) is 9.59 Å². The zero-order chi connectivity index (χ0) is 15.5. The number of nitrogens with zero attached hydrogens (tertiary/aromatic N) is 2. The van der Waals surface area contributed by atoms with Gasteiger partial charge in [0.05, 0.1) is 5.41 Å². The van der Waals surface area contributed by atoms with Gasteiger partial charge in [0.2, 0.25) is 5.91 Å². The molecule has 5 nitrogen and oxygen atoms in total. The van der Waals surface area contributed by atoms with E-state index in [9.17, 15) is 14.7 Å². The Labute approximate surface area is 125 Å². The van der Waals surface area contributed by atoms with Crippen molar-refractivity contribution in [3.8, 4) is 0 Å². The molecule has 2 heterocycles. The predicted molar refractivity (Wildman–Crippen MR) is 79.9 cm³/mol. The van der Waals surface area contributed by atoms with Crippen LogP contribution in [0.15, 0.2) is 24.5 Å². The quantitative estimate of drug-likeness (QED) is 0.907. The summed E-state index contributed by atoms with van der Waals surface area (Å²) in [6.45, 7) is 4.90. The number of carboxylic acid groups (broad SMARTS) is 1. The average Bonchev–Trinajstić information content (AvgIpc) is 2.98. The second kappa shape index (κ2) is 6.33. The number of hydrogen-bond acceptors (Lipinski definition) is 2. The molecule has 1 N–H and O–H groups in total. The number of hydrogen-bond donors (Lipinski definition) is 1. The Morgan fingerprint density at radius 1 is 1.24 bits per heavy atom. The van der Waals surface area contributed by atoms with E-state index in [1.54, 1.807) is 6.92 Å². The number of carboxylic acids is 1. The fourth-order valence-electron chi connectivity index (χ4n) is 2.87. The Balaban J connectivity index is 2.04. The summed E-state index contributed by atoms with van der Waals surface area (Å²) in [5.74, 6) is -0.648. The summed E-state index contributed by atoms with van der Waals surface area (Å²) < 4.78 is 1.96. The van der Waals surface area contributed by atoms with Gasteiger partial charge in [-0.3, -0.25) is 9.59 Å². The lowest BCUT2D eigenvalue weighted by atomic mass is 9.80. The molecule has 2 rings (SSSR count). The molecule has 1 aliphatic rings. The van der Waals surface area contributed by atoms with Gasteiger partial charge in [0.1, 0.15) is 6.04 Å². The number of aliphatic carboxylic acids is 1. The van der Waals surface area contributed by atoms with Gasteiger partial charge in [0, 0.05) is 25.5 Å². The van der Waals surface area contributed by atoms with Crippen LogP contribution < -0.4 is 0 Å². The van der Waals surface area contributed by atoms with E-state index >= 15 is 0 Å². The van der Waals surface area contributed by atoms with Crippen molar-refractivity contribution in [1.29, 1.82) is 0 Å². The third kappa shape index (κ3) is 3.28. The lowest BCUT2D eigenvalue weighted by Crippen LogP contribution is -2.47. The van der Waals surface area contributed by atoms with Crippen molar-refractivity contribution in [2.45, 2.75) is 45.6 Å². The summed E-state index contributed by atoms with van der Waals surface area (Å²) in [4.78, 5) is 25.8. The molecule has 0 saturated carbocycles. The van der Waals surface area contributed by atoms with Crippen LogP contribution in [-0.4, -0.2) is 39.5 Å². The lowest BCUT2D eigenvalue weighted by Gasteiger charge is -2.38. The molecular weight excluding hydrogens is 268 g/mol. The highest BCUT2D eigenvalue weighted by atomic mass is 16.4. The van der Waals surface area contributed by atoms with Crippen LogP contribution in [0.3, 0.4) is 0 Å². The first kappa shape index (κ1) is 15.6. The minimum Gasteiger partial charge on any atom is -0.481 e. The number of amides is 1. The average molecular weight is 292 g/mol. The van der Waals surface area contributed by atoms with Gasteiger partial charge in [-0.05, 0) is 38.3 Å². The first-order valence-electron chi connectivity index (χ1n) is 7.62. The molecule has 0 aliphatic carbocycles. The highest BCUT2D eigenvalue weighted by molar-refractivity contribution is 5.81. The first-order valence-corrected chi connectivity index (χ1v) is 7.62. The van der Waals surface area contributed by atoms with Crippen LogP contribution >= 0.6 is 0 Å². The first-order chi connectivity index (χ1) is 9.98. The van der Waals surface area contributed by atoms with Crippen molar-refractivity contribution in [3.63, 3.8) is 0 Å². The molecule has 0 radical (unpaired) electrons. The van der Waals surface area contributed by atoms with E-state index in [2.05, 4.69) is 6.92 Å². The fraction of sp³-hybridized carbons (Fsp3) is 0.625. The molecule has 0 bridgehead atoms. The largest absolute Gasteiger partial charge is 0.481 e. The number of carbonyl (C=O) groups is 2. The third-order valence-corrected chi connectivity index (χ3v) is 4.53. The highest BCUT2D eigenvalue weighted by Gasteiger charge is 2.39. The Morgan fingerprint density at radius 2 is 1.81 bits per heavy atom. The maximum atomic E-state index is 12.7. The normalized spacial score (nSPS) is 19.2. The van der Waals surface area contributed by atoms with Gasteiger partial charge >= 0.3 is 5.97 Å². The summed E-state index contributed by atoms with van der Waals surface area (Å²) in [6, 6.07) is 3.68. The smallest absolute Gasteiger partial charge is 0.309 e. The van der Waals surface area contributed by atoms with Crippen LogP contribution in [0, 0.1) is 5.41 Å². The summed E-state index contributed by atoms with van der Waals surface area (Å²) >= 11 is 0. The molecule has 1 atom stereocenters. The number of piperidine rings is 1. The molecule has 0 aromatic carbocycles. The highest BCUT2D eigenvalue weighted by Crippen LogP contribution is 2.32. The molecule has 1 saturated heterocycles. The van der Waals surface area contributed by atoms with Gasteiger partial charge in [-0.15, -0.1) is 0 Å². The second-order valence-corrected chi connectivity index (χ2v) is 6.13. The Morgan fingerprint density at radius 3 is 2.29 bits per heavy atom. The minimum atomic E-state index is -0.759. The van der Waals surface area contributed by atoms with Crippen LogP contribution in [0.25, 0.3) is 0 Å². The summed E-state index contributed by atoms with van der Waals surface area (Å²) in [5, 5.41) is 9.26. The summed E-state index contributed by atoms with van der Waals surface area (Å²) in [7, 11) is 0. The maximum Gasteiger partial charge on any atom is 0.309 e. The molecule has 5 heteroatoms. The minimum absolute atomic E-state index is 0.112. The van der Waals surface area contributed by atoms with Crippen LogP contribution in [0.1, 0.15) is 45.6 Å². The Bertz CT molecular complexity index is 488. The van der Waals surface area contributed by atoms with E-state index in [1.165, 1.54) is 0 Å². The molecule has 1 aliphatic heterocycles. The van der Waals surface area contributed by atoms with Gasteiger partial charge in [0.25, 0.3) is 0 Å². The monoisotopic (exact) mass is 292 g/mol. The van der Waals surface area contributed by atoms with Crippen molar-refractivity contribution in [1.82, 2.24) is 9.47 Å². The maximum absolute atomic E-state index is 12.7. The predicted octanol–water partition coefficient (Wildman–Crippen LogP) is 2.54. The molecule has 1 amide bonds. The molecular formula is C16H24N2O3. The second-order valence-electron chi connectivity index (χ2n) is 6.13. The topological polar surface area (TPSA) is 62.5 Å². The van der Waals surface area contributed by atoms with Gasteiger partial charge < -0.3 is 14.6 Å². The van der Waals surface area contributed by atoms with Crippen molar-refractivity contribution < 1.29 is 14.7 Å². The Kier molecular flexibility index (Phi) is 4.70. The molecule has 116 valence electrons. The van der Waals surface area contributed by atoms with Crippen molar-refractivity contribution in [2.75, 3.05) is 13.1 Å². The summed E-state index contributed by atoms with van der Waals surface area (Å²) in [5.41, 5.74) is -0.690. The third-order valence-electron chi connectivity index (χ3n) is 4.53. The standard InChI is InChI=1S/C16H24N2O3/c1-3-6-13(17-9-4-5-10-17)14(19)18-11-7-16(2,8-12-18)15(20)21/h4-5,9-10,13H,3,6-8,11-12H2,1-2H3,(H,20,21). The molecule has 0 spiro atoms. The van der Waals surface area contributed by atoms with E-state index in [0.29, 0.717) is 25.9 Å². The SMILES string of the molecule is CCCC(C(=O)N1CCC(C)(C(=O)O)CC1)n1cccc1. The summed E-state index contributed by atoms with van der Waals surface area (Å²) in [6.07, 6.45) is 6.64. The zero-order valence-corrected chi connectivity index (χ0v) is 12.8. The molecule has 21 heavy (non-hydrogen) atoms. The van der Waals surface area contributed by atoms with Gasteiger partial charge in [-0.2, -0.15) is 0 Å². The van der Waals surface area contributed by atoms with Crippen molar-refractivity contribution in [2.24, 2.45) is 5.41 Å². The van der Waals surface area contributed by atoms with E-state index in [4.69, 9.17) is 0 Å². The Hall–Kier alpha value is -1.78. The number of aromatic nitrogens is 1. The van der Waals surface area contributed by atoms with E-state index in [1.807, 2.05) is 34.0 Å². The molecule has 1 aromatic heterocycles. The van der Waals surface area contributed by atoms with E-state index < -0.39 is 11.4 Å². The number of rotatable bonds is 5.